The van der Waals surface area contributed by atoms with Gasteiger partial charge in [0.05, 0.1) is 0 Å². The first kappa shape index (κ1) is 9.77. The predicted molar refractivity (Wildman–Crippen MR) is 50.9 cm³/mol. The van der Waals surface area contributed by atoms with E-state index in [9.17, 15) is 4.79 Å². The van der Waals surface area contributed by atoms with E-state index in [4.69, 9.17) is 9.47 Å². The van der Waals surface area contributed by atoms with Crippen LogP contribution in [-0.4, -0.2) is 36.0 Å². The number of carbonyl (C=O) groups excluding carboxylic acids is 1. The molecular weight excluding hydrogens is 182 g/mol. The molecule has 2 saturated heterocycles. The van der Waals surface area contributed by atoms with Crippen molar-refractivity contribution in [1.82, 2.24) is 4.90 Å². The molecule has 0 aromatic rings. The quantitative estimate of drug-likeness (QED) is 0.635. The number of likely N-dealkylation sites (N-methyl/N-ethyl adjacent to an activating group) is 1. The molecule has 0 aromatic carbocycles. The Morgan fingerprint density at radius 3 is 3.00 bits per heavy atom. The minimum atomic E-state index is -0.503. The molecular formula is C10H17NO3. The number of hydrogen-bond acceptors (Lipinski definition) is 4. The van der Waals surface area contributed by atoms with Crippen molar-refractivity contribution >= 4 is 6.16 Å². The molecule has 0 amide bonds. The van der Waals surface area contributed by atoms with E-state index in [0.29, 0.717) is 0 Å². The number of ether oxygens (including phenoxy) is 2. The second-order valence-corrected chi connectivity index (χ2v) is 3.88. The Kier molecular flexibility index (Phi) is 2.39. The Labute approximate surface area is 84.2 Å². The zero-order valence-corrected chi connectivity index (χ0v) is 8.78. The Bertz CT molecular complexity index is 244. The number of rotatable bonds is 2. The second-order valence-electron chi connectivity index (χ2n) is 3.88. The monoisotopic (exact) mass is 199 g/mol. The maximum atomic E-state index is 11.2. The SMILES string of the molecule is CCN1CCCC2OC(=O)OC21CC. The lowest BCUT2D eigenvalue weighted by Gasteiger charge is -2.43. The molecule has 0 spiro atoms. The molecule has 2 heterocycles. The summed E-state index contributed by atoms with van der Waals surface area (Å²) in [7, 11) is 0. The van der Waals surface area contributed by atoms with Crippen LogP contribution < -0.4 is 0 Å². The van der Waals surface area contributed by atoms with E-state index in [1.165, 1.54) is 0 Å². The minimum Gasteiger partial charge on any atom is -0.425 e. The molecule has 4 nitrogen and oxygen atoms in total. The van der Waals surface area contributed by atoms with Crippen LogP contribution in [0.1, 0.15) is 33.1 Å². The summed E-state index contributed by atoms with van der Waals surface area (Å²) in [5, 5.41) is 0. The van der Waals surface area contributed by atoms with Gasteiger partial charge in [0.15, 0.2) is 6.10 Å². The van der Waals surface area contributed by atoms with E-state index in [0.717, 1.165) is 32.4 Å². The molecule has 2 unspecified atom stereocenters. The number of fused-ring (bicyclic) bond motifs is 1. The minimum absolute atomic E-state index is 0.0614. The summed E-state index contributed by atoms with van der Waals surface area (Å²) >= 11 is 0. The zero-order chi connectivity index (χ0) is 10.2. The van der Waals surface area contributed by atoms with Gasteiger partial charge in [0.25, 0.3) is 0 Å². The van der Waals surface area contributed by atoms with Crippen LogP contribution >= 0.6 is 0 Å². The fourth-order valence-corrected chi connectivity index (χ4v) is 2.60. The number of hydrogen-bond donors (Lipinski definition) is 0. The third-order valence-corrected chi connectivity index (χ3v) is 3.32. The Hall–Kier alpha value is -0.770. The van der Waals surface area contributed by atoms with E-state index < -0.39 is 11.9 Å². The van der Waals surface area contributed by atoms with Crippen LogP contribution in [-0.2, 0) is 9.47 Å². The van der Waals surface area contributed by atoms with Gasteiger partial charge in [-0.25, -0.2) is 4.79 Å². The van der Waals surface area contributed by atoms with E-state index in [1.807, 2.05) is 6.92 Å². The predicted octanol–water partition coefficient (Wildman–Crippen LogP) is 1.74. The molecule has 2 fully saturated rings. The number of likely N-dealkylation sites (tertiary alicyclic amines) is 1. The molecule has 0 radical (unpaired) electrons. The highest BCUT2D eigenvalue weighted by molar-refractivity contribution is 5.63. The van der Waals surface area contributed by atoms with Gasteiger partial charge in [0, 0.05) is 13.0 Å². The van der Waals surface area contributed by atoms with Crippen LogP contribution in [0.15, 0.2) is 0 Å². The van der Waals surface area contributed by atoms with Gasteiger partial charge in [-0.15, -0.1) is 0 Å². The largest absolute Gasteiger partial charge is 0.510 e. The smallest absolute Gasteiger partial charge is 0.425 e. The first-order valence-corrected chi connectivity index (χ1v) is 5.37. The van der Waals surface area contributed by atoms with Gasteiger partial charge < -0.3 is 9.47 Å². The fourth-order valence-electron chi connectivity index (χ4n) is 2.60. The van der Waals surface area contributed by atoms with Gasteiger partial charge in [0.2, 0.25) is 5.72 Å². The van der Waals surface area contributed by atoms with E-state index >= 15 is 0 Å². The van der Waals surface area contributed by atoms with Crippen molar-refractivity contribution in [3.05, 3.63) is 0 Å². The van der Waals surface area contributed by atoms with Crippen molar-refractivity contribution < 1.29 is 14.3 Å². The molecule has 0 bridgehead atoms. The molecule has 80 valence electrons. The highest BCUT2D eigenvalue weighted by atomic mass is 16.8. The number of carbonyl (C=O) groups is 1. The standard InChI is InChI=1S/C10H17NO3/c1-3-10-8(13-9(12)14-10)6-5-7-11(10)4-2/h8H,3-7H2,1-2H3. The van der Waals surface area contributed by atoms with Crippen molar-refractivity contribution in [2.75, 3.05) is 13.1 Å². The molecule has 2 atom stereocenters. The lowest BCUT2D eigenvalue weighted by Crippen LogP contribution is -2.58. The molecule has 14 heavy (non-hydrogen) atoms. The normalized spacial score (nSPS) is 37.6. The van der Waals surface area contributed by atoms with Crippen LogP contribution in [0.4, 0.5) is 4.79 Å². The summed E-state index contributed by atoms with van der Waals surface area (Å²) < 4.78 is 10.6. The summed E-state index contributed by atoms with van der Waals surface area (Å²) in [6, 6.07) is 0. The average molecular weight is 199 g/mol. The number of piperidine rings is 1. The van der Waals surface area contributed by atoms with Crippen molar-refractivity contribution in [3.8, 4) is 0 Å². The molecule has 0 saturated carbocycles. The van der Waals surface area contributed by atoms with Gasteiger partial charge in [-0.1, -0.05) is 13.8 Å². The molecule has 2 rings (SSSR count). The Morgan fingerprint density at radius 2 is 2.36 bits per heavy atom. The summed E-state index contributed by atoms with van der Waals surface area (Å²) in [4.78, 5) is 13.4. The lowest BCUT2D eigenvalue weighted by molar-refractivity contribution is -0.132. The highest BCUT2D eigenvalue weighted by Gasteiger charge is 2.55. The lowest BCUT2D eigenvalue weighted by atomic mass is 9.93. The van der Waals surface area contributed by atoms with E-state index in [-0.39, 0.29) is 6.10 Å². The fraction of sp³-hybridized carbons (Fsp3) is 0.900. The summed E-state index contributed by atoms with van der Waals surface area (Å²) in [6.07, 6.45) is 2.25. The first-order chi connectivity index (χ1) is 6.73. The number of nitrogens with zero attached hydrogens (tertiary/aromatic N) is 1. The Balaban J connectivity index is 2.26. The van der Waals surface area contributed by atoms with Crippen molar-refractivity contribution in [2.24, 2.45) is 0 Å². The molecule has 0 aromatic heterocycles. The Morgan fingerprint density at radius 1 is 1.57 bits per heavy atom. The van der Waals surface area contributed by atoms with Gasteiger partial charge in [0.1, 0.15) is 0 Å². The third kappa shape index (κ3) is 1.21. The van der Waals surface area contributed by atoms with Crippen LogP contribution in [0, 0.1) is 0 Å². The average Bonchev–Trinajstić information content (AvgIpc) is 2.53. The van der Waals surface area contributed by atoms with E-state index in [1.54, 1.807) is 0 Å². The third-order valence-electron chi connectivity index (χ3n) is 3.32. The molecule has 0 N–H and O–H groups in total. The summed E-state index contributed by atoms with van der Waals surface area (Å²) in [6.45, 7) is 6.04. The van der Waals surface area contributed by atoms with Crippen LogP contribution in [0.2, 0.25) is 0 Å². The van der Waals surface area contributed by atoms with Gasteiger partial charge >= 0.3 is 6.16 Å². The summed E-state index contributed by atoms with van der Waals surface area (Å²) in [5.74, 6) is 0. The first-order valence-electron chi connectivity index (χ1n) is 5.37. The summed E-state index contributed by atoms with van der Waals surface area (Å²) in [5.41, 5.74) is -0.468. The van der Waals surface area contributed by atoms with E-state index in [2.05, 4.69) is 11.8 Å². The van der Waals surface area contributed by atoms with Crippen LogP contribution in [0.25, 0.3) is 0 Å². The van der Waals surface area contributed by atoms with Crippen molar-refractivity contribution in [1.29, 1.82) is 0 Å². The second kappa shape index (κ2) is 3.42. The zero-order valence-electron chi connectivity index (χ0n) is 8.78. The van der Waals surface area contributed by atoms with Crippen LogP contribution in [0.5, 0.6) is 0 Å². The molecule has 2 aliphatic heterocycles. The van der Waals surface area contributed by atoms with Gasteiger partial charge in [-0.3, -0.25) is 4.90 Å². The highest BCUT2D eigenvalue weighted by Crippen LogP contribution is 2.39. The van der Waals surface area contributed by atoms with Gasteiger partial charge in [-0.05, 0) is 19.4 Å². The van der Waals surface area contributed by atoms with Crippen LogP contribution in [0.3, 0.4) is 0 Å². The maximum absolute atomic E-state index is 11.2. The molecule has 2 aliphatic rings. The maximum Gasteiger partial charge on any atom is 0.510 e. The van der Waals surface area contributed by atoms with Gasteiger partial charge in [-0.2, -0.15) is 0 Å². The molecule has 0 aliphatic carbocycles. The van der Waals surface area contributed by atoms with Crippen molar-refractivity contribution in [2.45, 2.75) is 44.9 Å². The topological polar surface area (TPSA) is 38.8 Å². The van der Waals surface area contributed by atoms with Crippen molar-refractivity contribution in [3.63, 3.8) is 0 Å². The molecule has 4 heteroatoms.